The molecular weight excluding hydrogens is 374 g/mol. The Hall–Kier alpha value is -3.51. The van der Waals surface area contributed by atoms with E-state index in [9.17, 15) is 4.79 Å². The molecule has 4 aromatic rings. The molecule has 2 N–H and O–H groups in total. The number of hydrogen-bond acceptors (Lipinski definition) is 4. The summed E-state index contributed by atoms with van der Waals surface area (Å²) >= 11 is 0. The minimum Gasteiger partial charge on any atom is -0.347 e. The number of aromatic nitrogens is 3. The Morgan fingerprint density at radius 2 is 1.87 bits per heavy atom. The first-order valence-electron chi connectivity index (χ1n) is 10.2. The molecule has 0 saturated carbocycles. The topological polar surface area (TPSA) is 73.9 Å². The van der Waals surface area contributed by atoms with Crippen molar-refractivity contribution in [1.82, 2.24) is 25.4 Å². The molecule has 0 radical (unpaired) electrons. The first kappa shape index (κ1) is 18.5. The van der Waals surface area contributed by atoms with E-state index < -0.39 is 0 Å². The molecule has 2 aromatic carbocycles. The summed E-state index contributed by atoms with van der Waals surface area (Å²) in [6.07, 6.45) is 5.08. The van der Waals surface area contributed by atoms with Crippen LogP contribution in [-0.2, 0) is 13.1 Å². The second-order valence-electron chi connectivity index (χ2n) is 7.71. The Balaban J connectivity index is 1.39. The van der Waals surface area contributed by atoms with Gasteiger partial charge in [0, 0.05) is 36.4 Å². The van der Waals surface area contributed by atoms with Crippen LogP contribution in [-0.4, -0.2) is 39.1 Å². The average molecular weight is 397 g/mol. The second-order valence-corrected chi connectivity index (χ2v) is 7.71. The average Bonchev–Trinajstić information content (AvgIpc) is 3.19. The van der Waals surface area contributed by atoms with Crippen molar-refractivity contribution < 1.29 is 4.79 Å². The van der Waals surface area contributed by atoms with Crippen LogP contribution in [0.15, 0.2) is 67.0 Å². The van der Waals surface area contributed by atoms with Gasteiger partial charge in [-0.2, -0.15) is 5.10 Å². The summed E-state index contributed by atoms with van der Waals surface area (Å²) in [7, 11) is 0. The number of amides is 1. The van der Waals surface area contributed by atoms with E-state index >= 15 is 0 Å². The Kier molecular flexibility index (Phi) is 4.99. The SMILES string of the molecule is O=C(NCc1ccccc1)c1n[nH]c2ccc(-c3cncc(CN4CCC4)c3)cc12. The van der Waals surface area contributed by atoms with Crippen LogP contribution in [0, 0.1) is 0 Å². The van der Waals surface area contributed by atoms with E-state index in [4.69, 9.17) is 0 Å². The van der Waals surface area contributed by atoms with Crippen molar-refractivity contribution in [1.29, 1.82) is 0 Å². The van der Waals surface area contributed by atoms with Crippen molar-refractivity contribution in [3.05, 3.63) is 83.8 Å². The fraction of sp³-hybridized carbons (Fsp3) is 0.208. The van der Waals surface area contributed by atoms with E-state index in [1.807, 2.05) is 60.9 Å². The molecule has 5 rings (SSSR count). The summed E-state index contributed by atoms with van der Waals surface area (Å²) < 4.78 is 0. The molecule has 150 valence electrons. The molecule has 1 aliphatic rings. The Bertz CT molecular complexity index is 1180. The first-order chi connectivity index (χ1) is 14.8. The number of aromatic amines is 1. The van der Waals surface area contributed by atoms with Crippen molar-refractivity contribution in [2.24, 2.45) is 0 Å². The zero-order chi connectivity index (χ0) is 20.3. The number of carbonyl (C=O) groups is 1. The highest BCUT2D eigenvalue weighted by Crippen LogP contribution is 2.26. The fourth-order valence-corrected chi connectivity index (χ4v) is 3.76. The largest absolute Gasteiger partial charge is 0.347 e. The maximum Gasteiger partial charge on any atom is 0.272 e. The fourth-order valence-electron chi connectivity index (χ4n) is 3.76. The van der Waals surface area contributed by atoms with Crippen molar-refractivity contribution in [2.45, 2.75) is 19.5 Å². The van der Waals surface area contributed by atoms with E-state index in [-0.39, 0.29) is 5.91 Å². The van der Waals surface area contributed by atoms with Gasteiger partial charge in [-0.25, -0.2) is 0 Å². The number of H-pyrrole nitrogens is 1. The van der Waals surface area contributed by atoms with Gasteiger partial charge in [-0.05, 0) is 54.4 Å². The smallest absolute Gasteiger partial charge is 0.272 e. The third kappa shape index (κ3) is 3.82. The van der Waals surface area contributed by atoms with Gasteiger partial charge in [0.2, 0.25) is 0 Å². The van der Waals surface area contributed by atoms with Gasteiger partial charge in [0.05, 0.1) is 5.52 Å². The number of nitrogens with one attached hydrogen (secondary N) is 2. The predicted octanol–water partition coefficient (Wildman–Crippen LogP) is 3.76. The lowest BCUT2D eigenvalue weighted by atomic mass is 10.0. The molecule has 0 spiro atoms. The highest BCUT2D eigenvalue weighted by Gasteiger charge is 2.16. The quantitative estimate of drug-likeness (QED) is 0.520. The number of hydrogen-bond donors (Lipinski definition) is 2. The first-order valence-corrected chi connectivity index (χ1v) is 10.2. The highest BCUT2D eigenvalue weighted by atomic mass is 16.1. The zero-order valence-corrected chi connectivity index (χ0v) is 16.6. The third-order valence-electron chi connectivity index (χ3n) is 5.56. The standard InChI is InChI=1S/C24H23N5O/c30-24(26-14-17-5-2-1-3-6-17)23-21-12-19(7-8-22(21)27-28-23)20-11-18(13-25-15-20)16-29-9-4-10-29/h1-3,5-8,11-13,15H,4,9-10,14,16H2,(H,26,30)(H,27,28). The van der Waals surface area contributed by atoms with E-state index in [0.717, 1.165) is 47.2 Å². The van der Waals surface area contributed by atoms with Gasteiger partial charge < -0.3 is 5.32 Å². The molecule has 30 heavy (non-hydrogen) atoms. The summed E-state index contributed by atoms with van der Waals surface area (Å²) in [6, 6.07) is 18.1. The lowest BCUT2D eigenvalue weighted by Crippen LogP contribution is -2.36. The summed E-state index contributed by atoms with van der Waals surface area (Å²) in [5.41, 5.74) is 5.59. The van der Waals surface area contributed by atoms with Crippen LogP contribution in [0.5, 0.6) is 0 Å². The number of pyridine rings is 1. The molecule has 3 heterocycles. The Morgan fingerprint density at radius 1 is 1.00 bits per heavy atom. The van der Waals surface area contributed by atoms with Crippen LogP contribution in [0.4, 0.5) is 0 Å². The summed E-state index contributed by atoms with van der Waals surface area (Å²) in [5.74, 6) is -0.188. The lowest BCUT2D eigenvalue weighted by Gasteiger charge is -2.30. The van der Waals surface area contributed by atoms with Gasteiger partial charge in [-0.15, -0.1) is 0 Å². The highest BCUT2D eigenvalue weighted by molar-refractivity contribution is 6.05. The molecule has 0 aliphatic carbocycles. The molecule has 0 atom stereocenters. The third-order valence-corrected chi connectivity index (χ3v) is 5.56. The van der Waals surface area contributed by atoms with Crippen LogP contribution in [0.1, 0.15) is 28.0 Å². The van der Waals surface area contributed by atoms with E-state index in [0.29, 0.717) is 12.2 Å². The Labute approximate surface area is 174 Å². The van der Waals surface area contributed by atoms with Gasteiger partial charge in [-0.1, -0.05) is 36.4 Å². The number of rotatable bonds is 6. The molecule has 1 fully saturated rings. The van der Waals surface area contributed by atoms with Crippen LogP contribution in [0.2, 0.25) is 0 Å². The normalized spacial score (nSPS) is 13.9. The van der Waals surface area contributed by atoms with Gasteiger partial charge in [0.25, 0.3) is 5.91 Å². The van der Waals surface area contributed by atoms with Crippen molar-refractivity contribution in [3.63, 3.8) is 0 Å². The van der Waals surface area contributed by atoms with Gasteiger partial charge >= 0.3 is 0 Å². The minimum absolute atomic E-state index is 0.188. The number of nitrogens with zero attached hydrogens (tertiary/aromatic N) is 3. The van der Waals surface area contributed by atoms with Gasteiger partial charge in [0.15, 0.2) is 5.69 Å². The summed E-state index contributed by atoms with van der Waals surface area (Å²) in [6.45, 7) is 3.72. The molecule has 0 bridgehead atoms. The van der Waals surface area contributed by atoms with E-state index in [1.54, 1.807) is 0 Å². The molecule has 6 nitrogen and oxygen atoms in total. The summed E-state index contributed by atoms with van der Waals surface area (Å²) in [4.78, 5) is 19.6. The second kappa shape index (κ2) is 8.08. The molecule has 6 heteroatoms. The van der Waals surface area contributed by atoms with Crippen LogP contribution >= 0.6 is 0 Å². The maximum atomic E-state index is 12.7. The van der Waals surface area contributed by atoms with E-state index in [1.165, 1.54) is 12.0 Å². The molecule has 2 aromatic heterocycles. The van der Waals surface area contributed by atoms with Crippen molar-refractivity contribution in [3.8, 4) is 11.1 Å². The van der Waals surface area contributed by atoms with Crippen LogP contribution in [0.3, 0.4) is 0 Å². The maximum absolute atomic E-state index is 12.7. The zero-order valence-electron chi connectivity index (χ0n) is 16.6. The van der Waals surface area contributed by atoms with Crippen LogP contribution < -0.4 is 5.32 Å². The predicted molar refractivity (Wildman–Crippen MR) is 117 cm³/mol. The van der Waals surface area contributed by atoms with Gasteiger partial charge in [0.1, 0.15) is 0 Å². The number of likely N-dealkylation sites (tertiary alicyclic amines) is 1. The van der Waals surface area contributed by atoms with E-state index in [2.05, 4.69) is 31.5 Å². The van der Waals surface area contributed by atoms with Crippen molar-refractivity contribution in [2.75, 3.05) is 13.1 Å². The minimum atomic E-state index is -0.188. The molecule has 1 saturated heterocycles. The molecule has 0 unspecified atom stereocenters. The molecule has 1 amide bonds. The summed E-state index contributed by atoms with van der Waals surface area (Å²) in [5, 5.41) is 11.0. The number of fused-ring (bicyclic) bond motifs is 1. The Morgan fingerprint density at radius 3 is 2.67 bits per heavy atom. The number of carbonyl (C=O) groups excluding carboxylic acids is 1. The van der Waals surface area contributed by atoms with Gasteiger partial charge in [-0.3, -0.25) is 19.8 Å². The number of benzene rings is 2. The van der Waals surface area contributed by atoms with Crippen molar-refractivity contribution >= 4 is 16.8 Å². The lowest BCUT2D eigenvalue weighted by molar-refractivity contribution is 0.0947. The monoisotopic (exact) mass is 397 g/mol. The molecule has 1 aliphatic heterocycles. The van der Waals surface area contributed by atoms with Crippen LogP contribution in [0.25, 0.3) is 22.0 Å². The molecular formula is C24H23N5O.